The number of aryl methyl sites for hydroxylation is 1. The van der Waals surface area contributed by atoms with E-state index in [1.54, 1.807) is 0 Å². The van der Waals surface area contributed by atoms with Gasteiger partial charge in [0.25, 0.3) is 0 Å². The zero-order valence-corrected chi connectivity index (χ0v) is 15.7. The van der Waals surface area contributed by atoms with Gasteiger partial charge >= 0.3 is 0 Å². The van der Waals surface area contributed by atoms with Gasteiger partial charge in [-0.15, -0.1) is 12.4 Å². The van der Waals surface area contributed by atoms with Crippen molar-refractivity contribution in [2.75, 3.05) is 26.7 Å². The van der Waals surface area contributed by atoms with Crippen LogP contribution in [0.25, 0.3) is 0 Å². The number of rotatable bonds is 6. The predicted molar refractivity (Wildman–Crippen MR) is 99.3 cm³/mol. The van der Waals surface area contributed by atoms with Crippen LogP contribution in [-0.2, 0) is 10.2 Å². The van der Waals surface area contributed by atoms with E-state index in [1.807, 2.05) is 11.9 Å². The summed E-state index contributed by atoms with van der Waals surface area (Å²) < 4.78 is 0. The maximum atomic E-state index is 12.4. The van der Waals surface area contributed by atoms with Crippen molar-refractivity contribution in [3.8, 4) is 0 Å². The van der Waals surface area contributed by atoms with E-state index in [2.05, 4.69) is 50.4 Å². The smallest absolute Gasteiger partial charge is 0.222 e. The number of carbonyl (C=O) groups excluding carboxylic acids is 1. The normalized spacial score (nSPS) is 17.7. The van der Waals surface area contributed by atoms with Crippen LogP contribution in [0.1, 0.15) is 44.2 Å². The van der Waals surface area contributed by atoms with Crippen LogP contribution in [0.2, 0.25) is 0 Å². The number of likely N-dealkylation sites (N-methyl/N-ethyl adjacent to an activating group) is 1. The first-order valence-electron chi connectivity index (χ1n) is 8.40. The van der Waals surface area contributed by atoms with Gasteiger partial charge in [0.2, 0.25) is 5.91 Å². The summed E-state index contributed by atoms with van der Waals surface area (Å²) in [5.74, 6) is 0.953. The van der Waals surface area contributed by atoms with Crippen molar-refractivity contribution in [1.29, 1.82) is 0 Å². The van der Waals surface area contributed by atoms with Crippen LogP contribution >= 0.6 is 12.4 Å². The van der Waals surface area contributed by atoms with Gasteiger partial charge in [0.1, 0.15) is 0 Å². The van der Waals surface area contributed by atoms with Gasteiger partial charge in [-0.05, 0) is 44.3 Å². The first kappa shape index (κ1) is 20.0. The van der Waals surface area contributed by atoms with Crippen molar-refractivity contribution in [2.24, 2.45) is 5.92 Å². The molecule has 0 aliphatic carbocycles. The number of halogens is 1. The summed E-state index contributed by atoms with van der Waals surface area (Å²) in [5, 5.41) is 3.36. The minimum Gasteiger partial charge on any atom is -0.345 e. The SMILES string of the molecule is Cc1ccc(C(C)(C)CN(C)C(=O)CCC2CCNC2)cc1.Cl. The highest BCUT2D eigenvalue weighted by atomic mass is 35.5. The van der Waals surface area contributed by atoms with Crippen LogP contribution in [0, 0.1) is 12.8 Å². The number of benzene rings is 1. The van der Waals surface area contributed by atoms with E-state index in [0.717, 1.165) is 26.1 Å². The molecule has 1 atom stereocenters. The fourth-order valence-electron chi connectivity index (χ4n) is 3.26. The van der Waals surface area contributed by atoms with Gasteiger partial charge in [0, 0.05) is 25.4 Å². The second-order valence-corrected chi connectivity index (χ2v) is 7.40. The summed E-state index contributed by atoms with van der Waals surface area (Å²) in [6.45, 7) is 9.47. The van der Waals surface area contributed by atoms with Crippen molar-refractivity contribution in [1.82, 2.24) is 10.2 Å². The molecular formula is C19H31ClN2O. The van der Waals surface area contributed by atoms with Crippen LogP contribution in [-0.4, -0.2) is 37.5 Å². The number of nitrogens with zero attached hydrogens (tertiary/aromatic N) is 1. The maximum Gasteiger partial charge on any atom is 0.222 e. The third-order valence-electron chi connectivity index (χ3n) is 4.82. The topological polar surface area (TPSA) is 32.3 Å². The van der Waals surface area contributed by atoms with Gasteiger partial charge in [-0.25, -0.2) is 0 Å². The zero-order valence-electron chi connectivity index (χ0n) is 14.9. The van der Waals surface area contributed by atoms with Gasteiger partial charge < -0.3 is 10.2 Å². The Hall–Kier alpha value is -1.06. The fraction of sp³-hybridized carbons (Fsp3) is 0.632. The molecule has 1 N–H and O–H groups in total. The average Bonchev–Trinajstić information content (AvgIpc) is 2.98. The Labute approximate surface area is 147 Å². The molecule has 1 aromatic rings. The quantitative estimate of drug-likeness (QED) is 0.860. The minimum atomic E-state index is -0.0208. The number of amides is 1. The van der Waals surface area contributed by atoms with Crippen LogP contribution in [0.15, 0.2) is 24.3 Å². The van der Waals surface area contributed by atoms with Crippen molar-refractivity contribution in [3.05, 3.63) is 35.4 Å². The highest BCUT2D eigenvalue weighted by molar-refractivity contribution is 5.85. The summed E-state index contributed by atoms with van der Waals surface area (Å²) in [7, 11) is 1.94. The minimum absolute atomic E-state index is 0. The predicted octanol–water partition coefficient (Wildman–Crippen LogP) is 3.54. The van der Waals surface area contributed by atoms with Crippen LogP contribution in [0.4, 0.5) is 0 Å². The molecule has 1 fully saturated rings. The molecule has 1 amide bonds. The highest BCUT2D eigenvalue weighted by Crippen LogP contribution is 2.25. The molecule has 0 saturated carbocycles. The van der Waals surface area contributed by atoms with Crippen molar-refractivity contribution in [3.63, 3.8) is 0 Å². The van der Waals surface area contributed by atoms with Crippen LogP contribution in [0.3, 0.4) is 0 Å². The van der Waals surface area contributed by atoms with Crippen LogP contribution in [0.5, 0.6) is 0 Å². The molecule has 1 unspecified atom stereocenters. The molecule has 1 heterocycles. The lowest BCUT2D eigenvalue weighted by atomic mass is 9.83. The second kappa shape index (κ2) is 8.70. The number of hydrogen-bond donors (Lipinski definition) is 1. The molecule has 0 bridgehead atoms. The molecule has 1 aliphatic heterocycles. The van der Waals surface area contributed by atoms with E-state index in [1.165, 1.54) is 17.5 Å². The van der Waals surface area contributed by atoms with Gasteiger partial charge in [-0.2, -0.15) is 0 Å². The van der Waals surface area contributed by atoms with E-state index in [0.29, 0.717) is 12.3 Å². The fourth-order valence-corrected chi connectivity index (χ4v) is 3.26. The first-order valence-corrected chi connectivity index (χ1v) is 8.40. The van der Waals surface area contributed by atoms with Crippen molar-refractivity contribution >= 4 is 18.3 Å². The molecule has 1 aliphatic rings. The molecule has 130 valence electrons. The summed E-state index contributed by atoms with van der Waals surface area (Å²) in [6, 6.07) is 8.65. The van der Waals surface area contributed by atoms with E-state index in [9.17, 15) is 4.79 Å². The number of hydrogen-bond acceptors (Lipinski definition) is 2. The van der Waals surface area contributed by atoms with Gasteiger partial charge in [-0.3, -0.25) is 4.79 Å². The van der Waals surface area contributed by atoms with E-state index < -0.39 is 0 Å². The Bertz CT molecular complexity index is 493. The average molecular weight is 339 g/mol. The summed E-state index contributed by atoms with van der Waals surface area (Å²) >= 11 is 0. The van der Waals surface area contributed by atoms with Crippen molar-refractivity contribution < 1.29 is 4.79 Å². The maximum absolute atomic E-state index is 12.4. The first-order chi connectivity index (χ1) is 10.4. The van der Waals surface area contributed by atoms with Gasteiger partial charge in [0.05, 0.1) is 0 Å². The van der Waals surface area contributed by atoms with E-state index in [-0.39, 0.29) is 23.7 Å². The lowest BCUT2D eigenvalue weighted by molar-refractivity contribution is -0.130. The largest absolute Gasteiger partial charge is 0.345 e. The van der Waals surface area contributed by atoms with Gasteiger partial charge in [-0.1, -0.05) is 43.7 Å². The molecule has 4 heteroatoms. The molecule has 0 radical (unpaired) electrons. The lowest BCUT2D eigenvalue weighted by Crippen LogP contribution is -2.38. The molecule has 1 saturated heterocycles. The molecule has 0 aromatic heterocycles. The Kier molecular flexibility index (Phi) is 7.56. The monoisotopic (exact) mass is 338 g/mol. The molecule has 3 nitrogen and oxygen atoms in total. The van der Waals surface area contributed by atoms with E-state index >= 15 is 0 Å². The number of carbonyl (C=O) groups is 1. The Balaban J connectivity index is 0.00000264. The highest BCUT2D eigenvalue weighted by Gasteiger charge is 2.25. The Morgan fingerprint density at radius 1 is 1.30 bits per heavy atom. The lowest BCUT2D eigenvalue weighted by Gasteiger charge is -2.31. The molecule has 1 aromatic carbocycles. The molecule has 23 heavy (non-hydrogen) atoms. The second-order valence-electron chi connectivity index (χ2n) is 7.40. The summed E-state index contributed by atoms with van der Waals surface area (Å²) in [5.41, 5.74) is 2.54. The van der Waals surface area contributed by atoms with E-state index in [4.69, 9.17) is 0 Å². The van der Waals surface area contributed by atoms with Crippen molar-refractivity contribution in [2.45, 2.75) is 45.4 Å². The third-order valence-corrected chi connectivity index (χ3v) is 4.82. The molecule has 2 rings (SSSR count). The molecule has 0 spiro atoms. The third kappa shape index (κ3) is 5.82. The summed E-state index contributed by atoms with van der Waals surface area (Å²) in [6.07, 6.45) is 2.90. The Morgan fingerprint density at radius 3 is 2.52 bits per heavy atom. The standard InChI is InChI=1S/C19H30N2O.ClH/c1-15-5-8-17(9-6-15)19(2,3)14-21(4)18(22)10-7-16-11-12-20-13-16;/h5-6,8-9,16,20H,7,10-14H2,1-4H3;1H. The Morgan fingerprint density at radius 2 is 1.96 bits per heavy atom. The van der Waals surface area contributed by atoms with Crippen LogP contribution < -0.4 is 5.32 Å². The summed E-state index contributed by atoms with van der Waals surface area (Å²) in [4.78, 5) is 14.3. The number of nitrogens with one attached hydrogen (secondary N) is 1. The molecular weight excluding hydrogens is 308 g/mol. The zero-order chi connectivity index (χ0) is 16.2. The van der Waals surface area contributed by atoms with Gasteiger partial charge in [0.15, 0.2) is 0 Å².